The van der Waals surface area contributed by atoms with E-state index < -0.39 is 0 Å². The number of amides is 5. The predicted octanol–water partition coefficient (Wildman–Crippen LogP) is 24.5. The van der Waals surface area contributed by atoms with Crippen LogP contribution in [-0.2, 0) is 42.9 Å². The number of nitrogens with zero attached hydrogens (tertiary/aromatic N) is 6. The van der Waals surface area contributed by atoms with Gasteiger partial charge in [0.25, 0.3) is 0 Å². The maximum atomic E-state index is 11.6. The standard InChI is InChI=1S/C10H14NO2.C9H17NO2.C9H15NO2.C7H12N3O.C5H11NO.C5H12O.3C4H10O.24CH4/c1-3-8(2)10(12)9-4-6-11(13)7-5-9;1-3-8(2)9(11)10-4-6-12-7-5-10;1-3-7(2)9(12)10-6-4-5-8(10)11;1-3-6(2)7(11)10-5-4-8-9-10;1-3-4(2)5(6)7;1-5(2)4-6-3;2*1-3-4-5-2;1-3-4(2)5;;;;;;;;;;;;;;;;;;;;;;;;/h4-8,13H,3H2,1-2H3;8H,3-7H2,1-2H3;7H,3-6H2,1-2H3;5-6H,3-4H2,1-2H3;4H,3H2,1-2H3,(H2,6,7);5H,4H2,1-3H3;2*3-4H2,1-2H3;4-5H,3H2,1-2H3;24*1H4/q+1;;;+1;;;;;;;;;;;;;;;;;;;;;;;;;;;;;. The molecule has 2 fully saturated rings. The van der Waals surface area contributed by atoms with Crippen LogP contribution in [0.3, 0.4) is 0 Å². The molecule has 19 heteroatoms. The number of aliphatic hydroxyl groups is 1. The molecule has 0 aromatic carbocycles. The number of hydrogen-bond acceptors (Lipinski definition) is 14. The molecular formula is C81H207N7O12+2. The minimum atomic E-state index is -0.206. The van der Waals surface area contributed by atoms with Crippen molar-refractivity contribution < 1.29 is 67.4 Å². The van der Waals surface area contributed by atoms with E-state index in [1.54, 1.807) is 46.6 Å². The highest BCUT2D eigenvalue weighted by Gasteiger charge is 2.29. The number of ether oxygens (including phenoxy) is 4. The number of methoxy groups -OCH3 is 3. The quantitative estimate of drug-likeness (QED) is 0.0706. The van der Waals surface area contributed by atoms with Gasteiger partial charge in [0.05, 0.1) is 25.2 Å². The van der Waals surface area contributed by atoms with Crippen LogP contribution in [0.15, 0.2) is 34.9 Å². The van der Waals surface area contributed by atoms with Crippen molar-refractivity contribution in [2.24, 2.45) is 51.6 Å². The minimum absolute atomic E-state index is 0. The fraction of sp³-hybridized carbons (Fsp3) is 0.852. The first-order valence-electron chi connectivity index (χ1n) is 27.8. The normalized spacial score (nSPS) is 11.6. The number of pyridine rings is 1. The lowest BCUT2D eigenvalue weighted by Gasteiger charge is -2.28. The maximum absolute atomic E-state index is 11.6. The van der Waals surface area contributed by atoms with E-state index in [0.717, 1.165) is 95.4 Å². The number of nitrogens with two attached hydrogens (primary N) is 1. The smallest absolute Gasteiger partial charge is 0.336 e. The van der Waals surface area contributed by atoms with E-state index in [1.807, 2.05) is 81.1 Å². The molecule has 4 rings (SSSR count). The summed E-state index contributed by atoms with van der Waals surface area (Å²) in [7, 11) is 5.15. The van der Waals surface area contributed by atoms with E-state index in [4.69, 9.17) is 35.0 Å². The first-order valence-corrected chi connectivity index (χ1v) is 27.8. The predicted molar refractivity (Wildman–Crippen MR) is 464 cm³/mol. The molecule has 636 valence electrons. The summed E-state index contributed by atoms with van der Waals surface area (Å²) in [6, 6.07) is 3.24. The molecule has 5 amide bonds. The number of Topliss-reactive ketones (excluding diaryl/α,β-unsaturated/α-hetero) is 1. The van der Waals surface area contributed by atoms with Crippen LogP contribution in [0, 0.1) is 35.5 Å². The lowest BCUT2D eigenvalue weighted by atomic mass is 9.98. The molecule has 1 aromatic heterocycles. The summed E-state index contributed by atoms with van der Waals surface area (Å²) in [6.45, 7) is 38.3. The Balaban J connectivity index is -0.0000000208. The summed E-state index contributed by atoms with van der Waals surface area (Å²) in [5.74, 6) is 1.21. The molecule has 4 heterocycles. The SMILES string of the molecule is C.C.C.C.C.C.C.C.C.C.C.C.C.C.C.C.C.C.C.C.C.C.C.C.CCC(C)C(=O)N1CCCC1=O.CCC(C)C(=O)N1CCOCC1.CCC(C)C(=O)[N+]1=CCN=N1.CCC(C)C(=O)c1cc[n+](O)cc1.CCC(C)C(N)=O.CCC(C)O.CCCOC.CCCOC.COCC(C)C. The number of aromatic nitrogens is 1. The van der Waals surface area contributed by atoms with Crippen molar-refractivity contribution in [3.05, 3.63) is 30.1 Å². The van der Waals surface area contributed by atoms with Gasteiger partial charge >= 0.3 is 5.91 Å². The van der Waals surface area contributed by atoms with Gasteiger partial charge in [-0.3, -0.25) is 34.1 Å². The zero-order chi connectivity index (χ0) is 59.6. The molecule has 1 aromatic rings. The highest BCUT2D eigenvalue weighted by molar-refractivity contribution is 5.98. The number of aliphatic hydroxyl groups excluding tert-OH is 1. The average Bonchev–Trinajstić information content (AvgIpc) is 4.21. The van der Waals surface area contributed by atoms with Gasteiger partial charge in [-0.2, -0.15) is 0 Å². The molecule has 0 bridgehead atoms. The number of imide groups is 1. The van der Waals surface area contributed by atoms with Crippen molar-refractivity contribution in [1.82, 2.24) is 9.80 Å². The molecule has 3 aliphatic rings. The summed E-state index contributed by atoms with van der Waals surface area (Å²) in [5, 5.41) is 24.6. The van der Waals surface area contributed by atoms with Crippen molar-refractivity contribution in [2.45, 2.75) is 359 Å². The zero-order valence-corrected chi connectivity index (χ0v) is 51.1. The minimum Gasteiger partial charge on any atom is -0.393 e. The van der Waals surface area contributed by atoms with Gasteiger partial charge in [0, 0.05) is 118 Å². The van der Waals surface area contributed by atoms with Crippen LogP contribution in [0.5, 0.6) is 0 Å². The lowest BCUT2D eigenvalue weighted by Crippen LogP contribution is -2.43. The van der Waals surface area contributed by atoms with E-state index in [9.17, 15) is 28.8 Å². The third-order valence-corrected chi connectivity index (χ3v) is 11.6. The summed E-state index contributed by atoms with van der Waals surface area (Å²) in [6.07, 6.45) is 13.2. The number of likely N-dealkylation sites (tertiary alicyclic amines) is 1. The summed E-state index contributed by atoms with van der Waals surface area (Å²) >= 11 is 0. The van der Waals surface area contributed by atoms with Crippen molar-refractivity contribution in [3.63, 3.8) is 0 Å². The monoisotopic (exact) mass is 1470 g/mol. The summed E-state index contributed by atoms with van der Waals surface area (Å²) in [5.41, 5.74) is 5.56. The molecule has 3 aliphatic heterocycles. The number of primary amides is 1. The Kier molecular flexibility index (Phi) is 252. The number of carbonyl (C=O) groups excluding carboxylic acids is 6. The van der Waals surface area contributed by atoms with Crippen LogP contribution < -0.4 is 10.5 Å². The van der Waals surface area contributed by atoms with Gasteiger partial charge in [-0.05, 0) is 70.6 Å². The average molecular weight is 1470 g/mol. The Hall–Kier alpha value is -4.56. The first-order chi connectivity index (χ1) is 35.9. The van der Waals surface area contributed by atoms with Crippen LogP contribution in [0.4, 0.5) is 0 Å². The third-order valence-electron chi connectivity index (χ3n) is 11.6. The van der Waals surface area contributed by atoms with E-state index in [0.29, 0.717) is 44.2 Å². The molecule has 0 saturated carbocycles. The van der Waals surface area contributed by atoms with Crippen LogP contribution >= 0.6 is 0 Å². The fourth-order valence-electron chi connectivity index (χ4n) is 5.38. The molecule has 0 spiro atoms. The van der Waals surface area contributed by atoms with E-state index in [1.165, 1.54) is 22.0 Å². The second-order valence-corrected chi connectivity index (χ2v) is 19.1. The Bertz CT molecular complexity index is 1670. The Labute approximate surface area is 637 Å². The second kappa shape index (κ2) is 131. The molecule has 6 atom stereocenters. The molecule has 6 unspecified atom stereocenters. The number of carbonyl (C=O) groups is 6. The molecule has 19 nitrogen and oxygen atoms in total. The molecular weight excluding hydrogens is 1260 g/mol. The van der Waals surface area contributed by atoms with Gasteiger partial charge in [0.15, 0.2) is 5.78 Å². The van der Waals surface area contributed by atoms with Crippen molar-refractivity contribution >= 4 is 41.5 Å². The lowest BCUT2D eigenvalue weighted by molar-refractivity contribution is -0.904. The van der Waals surface area contributed by atoms with Gasteiger partial charge in [0.2, 0.25) is 42.6 Å². The van der Waals surface area contributed by atoms with Crippen molar-refractivity contribution in [3.8, 4) is 0 Å². The largest absolute Gasteiger partial charge is 0.393 e. The van der Waals surface area contributed by atoms with Crippen molar-refractivity contribution in [2.75, 3.05) is 80.5 Å². The van der Waals surface area contributed by atoms with Crippen LogP contribution in [0.25, 0.3) is 0 Å². The van der Waals surface area contributed by atoms with Gasteiger partial charge in [-0.25, -0.2) is 4.79 Å². The van der Waals surface area contributed by atoms with Gasteiger partial charge in [0.1, 0.15) is 11.4 Å². The highest BCUT2D eigenvalue weighted by Crippen LogP contribution is 2.15. The zero-order valence-electron chi connectivity index (χ0n) is 51.1. The number of ketones is 1. The van der Waals surface area contributed by atoms with E-state index in [2.05, 4.69) is 38.0 Å². The molecule has 2 saturated heterocycles. The molecule has 4 N–H and O–H groups in total. The van der Waals surface area contributed by atoms with E-state index in [-0.39, 0.29) is 249 Å². The van der Waals surface area contributed by atoms with Gasteiger partial charge < -0.3 is 34.7 Å². The molecule has 0 aliphatic carbocycles. The summed E-state index contributed by atoms with van der Waals surface area (Å²) in [4.78, 5) is 70.6. The van der Waals surface area contributed by atoms with Crippen molar-refractivity contribution in [1.29, 1.82) is 0 Å². The number of hydrogen-bond donors (Lipinski definition) is 3. The topological polar surface area (TPSA) is 244 Å². The molecule has 0 radical (unpaired) electrons. The van der Waals surface area contributed by atoms with Gasteiger partial charge in [-0.1, -0.05) is 287 Å². The van der Waals surface area contributed by atoms with Crippen LogP contribution in [0.2, 0.25) is 0 Å². The first kappa shape index (κ1) is 193. The van der Waals surface area contributed by atoms with Gasteiger partial charge in [-0.15, -0.1) is 0 Å². The summed E-state index contributed by atoms with van der Waals surface area (Å²) < 4.78 is 21.6. The fourth-order valence-corrected chi connectivity index (χ4v) is 5.38. The number of rotatable bonds is 18. The molecule has 100 heavy (non-hydrogen) atoms. The van der Waals surface area contributed by atoms with Crippen LogP contribution in [-0.4, -0.2) is 153 Å². The Morgan fingerprint density at radius 1 is 0.530 bits per heavy atom. The Morgan fingerprint density at radius 3 is 1.10 bits per heavy atom. The van der Waals surface area contributed by atoms with E-state index >= 15 is 0 Å². The second-order valence-electron chi connectivity index (χ2n) is 19.1. The van der Waals surface area contributed by atoms with Crippen LogP contribution in [0.1, 0.15) is 364 Å². The third kappa shape index (κ3) is 109. The highest BCUT2D eigenvalue weighted by atomic mass is 16.5. The number of morpholine rings is 1. The Morgan fingerprint density at radius 2 is 0.880 bits per heavy atom. The maximum Gasteiger partial charge on any atom is 0.336 e.